The zero-order chi connectivity index (χ0) is 16.1. The molecule has 2 aromatic rings. The third kappa shape index (κ3) is 3.94. The van der Waals surface area contributed by atoms with Crippen molar-refractivity contribution in [3.63, 3.8) is 0 Å². The van der Waals surface area contributed by atoms with Crippen LogP contribution in [0.5, 0.6) is 0 Å². The number of anilines is 1. The van der Waals surface area contributed by atoms with E-state index in [4.69, 9.17) is 0 Å². The van der Waals surface area contributed by atoms with Gasteiger partial charge in [0, 0.05) is 18.8 Å². The number of para-hydroxylation sites is 1. The number of hydrogen-bond acceptors (Lipinski definition) is 2. The molecule has 2 nitrogen and oxygen atoms in total. The summed E-state index contributed by atoms with van der Waals surface area (Å²) in [5.41, 5.74) is 5.23. The van der Waals surface area contributed by atoms with Gasteiger partial charge in [0.2, 0.25) is 0 Å². The summed E-state index contributed by atoms with van der Waals surface area (Å²) in [6.45, 7) is 4.00. The zero-order valence-electron chi connectivity index (χ0n) is 14.0. The number of aliphatic hydroxyl groups excluding tert-OH is 1. The topological polar surface area (TPSA) is 23.5 Å². The molecule has 0 heterocycles. The molecule has 0 fully saturated rings. The minimum atomic E-state index is -0.375. The fraction of sp³-hybridized carbons (Fsp3) is 0.429. The lowest BCUT2D eigenvalue weighted by Crippen LogP contribution is -2.25. The Balaban J connectivity index is 1.63. The predicted molar refractivity (Wildman–Crippen MR) is 97.0 cm³/mol. The van der Waals surface area contributed by atoms with Gasteiger partial charge in [0.15, 0.2) is 0 Å². The van der Waals surface area contributed by atoms with Crippen molar-refractivity contribution in [3.05, 3.63) is 65.2 Å². The highest BCUT2D eigenvalue weighted by molar-refractivity contribution is 5.45. The van der Waals surface area contributed by atoms with E-state index in [1.54, 1.807) is 0 Å². The lowest BCUT2D eigenvalue weighted by molar-refractivity contribution is 0.169. The number of aliphatic hydroxyl groups is 1. The molecule has 0 aliphatic heterocycles. The fourth-order valence-corrected chi connectivity index (χ4v) is 3.51. The SMILES string of the molecule is CCN(CCC(O)c1ccc2c(c1)CCCC2)c1ccccc1. The van der Waals surface area contributed by atoms with Crippen molar-refractivity contribution in [3.8, 4) is 0 Å². The van der Waals surface area contributed by atoms with Crippen LogP contribution in [0.15, 0.2) is 48.5 Å². The molecule has 1 unspecified atom stereocenters. The molecule has 0 bridgehead atoms. The smallest absolute Gasteiger partial charge is 0.0807 e. The Morgan fingerprint density at radius 1 is 1.00 bits per heavy atom. The molecule has 0 spiro atoms. The van der Waals surface area contributed by atoms with Gasteiger partial charge < -0.3 is 10.0 Å². The Kier molecular flexibility index (Phi) is 5.35. The highest BCUT2D eigenvalue weighted by Crippen LogP contribution is 2.26. The van der Waals surface area contributed by atoms with Crippen molar-refractivity contribution >= 4 is 5.69 Å². The van der Waals surface area contributed by atoms with E-state index < -0.39 is 0 Å². The number of hydrogen-bond donors (Lipinski definition) is 1. The molecule has 2 heteroatoms. The first-order valence-corrected chi connectivity index (χ1v) is 8.87. The molecule has 0 amide bonds. The van der Waals surface area contributed by atoms with E-state index in [0.29, 0.717) is 0 Å². The van der Waals surface area contributed by atoms with Crippen LogP contribution < -0.4 is 4.90 Å². The number of benzene rings is 2. The average Bonchev–Trinajstić information content (AvgIpc) is 2.62. The molecular formula is C21H27NO. The first-order chi connectivity index (χ1) is 11.3. The van der Waals surface area contributed by atoms with E-state index in [0.717, 1.165) is 25.1 Å². The molecule has 1 atom stereocenters. The van der Waals surface area contributed by atoms with Gasteiger partial charge in [0.05, 0.1) is 6.10 Å². The Bertz CT molecular complexity index is 623. The number of nitrogens with zero attached hydrogens (tertiary/aromatic N) is 1. The first-order valence-electron chi connectivity index (χ1n) is 8.87. The maximum absolute atomic E-state index is 10.6. The van der Waals surface area contributed by atoms with Crippen LogP contribution in [0, 0.1) is 0 Å². The lowest BCUT2D eigenvalue weighted by Gasteiger charge is -2.25. The third-order valence-corrected chi connectivity index (χ3v) is 4.93. The minimum absolute atomic E-state index is 0.375. The summed E-state index contributed by atoms with van der Waals surface area (Å²) in [5, 5.41) is 10.6. The van der Waals surface area contributed by atoms with Crippen molar-refractivity contribution in [2.45, 2.75) is 45.1 Å². The van der Waals surface area contributed by atoms with Crippen molar-refractivity contribution in [1.82, 2.24) is 0 Å². The maximum Gasteiger partial charge on any atom is 0.0807 e. The maximum atomic E-state index is 10.6. The van der Waals surface area contributed by atoms with Crippen LogP contribution in [-0.2, 0) is 12.8 Å². The van der Waals surface area contributed by atoms with E-state index in [1.165, 1.54) is 42.5 Å². The van der Waals surface area contributed by atoms with Crippen LogP contribution in [-0.4, -0.2) is 18.2 Å². The molecule has 2 aromatic carbocycles. The Hall–Kier alpha value is -1.80. The minimum Gasteiger partial charge on any atom is -0.388 e. The second kappa shape index (κ2) is 7.65. The van der Waals surface area contributed by atoms with Gasteiger partial charge in [-0.25, -0.2) is 0 Å². The Morgan fingerprint density at radius 3 is 2.48 bits per heavy atom. The van der Waals surface area contributed by atoms with Gasteiger partial charge >= 0.3 is 0 Å². The molecule has 0 saturated heterocycles. The van der Waals surface area contributed by atoms with Gasteiger partial charge in [0.25, 0.3) is 0 Å². The summed E-state index contributed by atoms with van der Waals surface area (Å²) in [7, 11) is 0. The predicted octanol–water partition coefficient (Wildman–Crippen LogP) is 4.52. The van der Waals surface area contributed by atoms with Crippen LogP contribution >= 0.6 is 0 Å². The van der Waals surface area contributed by atoms with Crippen LogP contribution in [0.4, 0.5) is 5.69 Å². The summed E-state index contributed by atoms with van der Waals surface area (Å²) >= 11 is 0. The van der Waals surface area contributed by atoms with E-state index in [1.807, 2.05) is 6.07 Å². The molecule has 3 rings (SSSR count). The molecule has 0 radical (unpaired) electrons. The average molecular weight is 309 g/mol. The summed E-state index contributed by atoms with van der Waals surface area (Å²) in [5.74, 6) is 0. The molecule has 23 heavy (non-hydrogen) atoms. The van der Waals surface area contributed by atoms with Crippen molar-refractivity contribution < 1.29 is 5.11 Å². The standard InChI is InChI=1S/C21H27NO/c1-2-22(20-10-4-3-5-11-20)15-14-21(23)19-13-12-17-8-6-7-9-18(17)16-19/h3-5,10-13,16,21,23H,2,6-9,14-15H2,1H3. The highest BCUT2D eigenvalue weighted by atomic mass is 16.3. The number of aryl methyl sites for hydroxylation is 2. The van der Waals surface area contributed by atoms with E-state index in [2.05, 4.69) is 54.3 Å². The largest absolute Gasteiger partial charge is 0.388 e. The first kappa shape index (κ1) is 16.1. The monoisotopic (exact) mass is 309 g/mol. The van der Waals surface area contributed by atoms with Crippen molar-refractivity contribution in [2.75, 3.05) is 18.0 Å². The van der Waals surface area contributed by atoms with Crippen LogP contribution in [0.25, 0.3) is 0 Å². The normalized spacial score (nSPS) is 15.0. The molecule has 0 aromatic heterocycles. The molecule has 122 valence electrons. The quantitative estimate of drug-likeness (QED) is 0.848. The second-order valence-electron chi connectivity index (χ2n) is 6.45. The van der Waals surface area contributed by atoms with Crippen molar-refractivity contribution in [1.29, 1.82) is 0 Å². The van der Waals surface area contributed by atoms with Gasteiger partial charge in [-0.15, -0.1) is 0 Å². The molecule has 1 aliphatic rings. The van der Waals surface area contributed by atoms with E-state index in [-0.39, 0.29) is 6.10 Å². The Morgan fingerprint density at radius 2 is 1.74 bits per heavy atom. The Labute approximate surface area is 139 Å². The summed E-state index contributed by atoms with van der Waals surface area (Å²) in [4.78, 5) is 2.32. The van der Waals surface area contributed by atoms with Crippen LogP contribution in [0.3, 0.4) is 0 Å². The van der Waals surface area contributed by atoms with Crippen LogP contribution in [0.2, 0.25) is 0 Å². The number of fused-ring (bicyclic) bond motifs is 1. The molecular weight excluding hydrogens is 282 g/mol. The lowest BCUT2D eigenvalue weighted by atomic mass is 9.89. The summed E-state index contributed by atoms with van der Waals surface area (Å²) < 4.78 is 0. The fourth-order valence-electron chi connectivity index (χ4n) is 3.51. The molecule has 1 N–H and O–H groups in total. The van der Waals surface area contributed by atoms with Crippen molar-refractivity contribution in [2.24, 2.45) is 0 Å². The van der Waals surface area contributed by atoms with Gasteiger partial charge in [-0.05, 0) is 67.9 Å². The summed E-state index contributed by atoms with van der Waals surface area (Å²) in [6, 6.07) is 17.0. The molecule has 1 aliphatic carbocycles. The number of rotatable bonds is 6. The van der Waals surface area contributed by atoms with Gasteiger partial charge in [-0.1, -0.05) is 36.4 Å². The highest BCUT2D eigenvalue weighted by Gasteiger charge is 2.14. The van der Waals surface area contributed by atoms with Crippen LogP contribution in [0.1, 0.15) is 49.0 Å². The van der Waals surface area contributed by atoms with Gasteiger partial charge in [0.1, 0.15) is 0 Å². The van der Waals surface area contributed by atoms with Gasteiger partial charge in [-0.3, -0.25) is 0 Å². The zero-order valence-corrected chi connectivity index (χ0v) is 14.0. The van der Waals surface area contributed by atoms with Gasteiger partial charge in [-0.2, -0.15) is 0 Å². The third-order valence-electron chi connectivity index (χ3n) is 4.93. The molecule has 0 saturated carbocycles. The van der Waals surface area contributed by atoms with E-state index >= 15 is 0 Å². The van der Waals surface area contributed by atoms with E-state index in [9.17, 15) is 5.11 Å². The summed E-state index contributed by atoms with van der Waals surface area (Å²) in [6.07, 6.45) is 5.34. The second-order valence-corrected chi connectivity index (χ2v) is 6.45.